The molecule has 1 aromatic carbocycles. The highest BCUT2D eigenvalue weighted by Gasteiger charge is 2.63. The van der Waals surface area contributed by atoms with Crippen LogP contribution in [0.3, 0.4) is 0 Å². The molecule has 0 saturated heterocycles. The third kappa shape index (κ3) is 1.82. The molecule has 1 fully saturated rings. The summed E-state index contributed by atoms with van der Waals surface area (Å²) >= 11 is 0. The molecule has 1 saturated carbocycles. The van der Waals surface area contributed by atoms with Crippen LogP contribution in [0.2, 0.25) is 0 Å². The Morgan fingerprint density at radius 3 is 2.39 bits per heavy atom. The molecule has 0 aromatic heterocycles. The molecule has 3 heteroatoms. The Morgan fingerprint density at radius 2 is 1.89 bits per heavy atom. The Bertz CT molecular complexity index is 495. The van der Waals surface area contributed by atoms with E-state index in [2.05, 4.69) is 39.1 Å². The number of nitrogen functional groups attached to an aromatic ring is 1. The lowest BCUT2D eigenvalue weighted by Gasteiger charge is -2.08. The van der Waals surface area contributed by atoms with Crippen LogP contribution in [0, 0.1) is 28.1 Å². The van der Waals surface area contributed by atoms with Crippen molar-refractivity contribution in [1.29, 1.82) is 5.26 Å². The first-order valence-corrected chi connectivity index (χ1v) is 6.34. The van der Waals surface area contributed by atoms with Crippen LogP contribution in [0.1, 0.15) is 33.3 Å². The van der Waals surface area contributed by atoms with Gasteiger partial charge in [0.1, 0.15) is 6.07 Å². The Hall–Kier alpha value is -1.69. The predicted molar refractivity (Wildman–Crippen MR) is 75.1 cm³/mol. The lowest BCUT2D eigenvalue weighted by molar-refractivity contribution is 0.457. The first-order valence-electron chi connectivity index (χ1n) is 6.34. The van der Waals surface area contributed by atoms with Crippen LogP contribution in [0.5, 0.6) is 0 Å². The lowest BCUT2D eigenvalue weighted by atomic mass is 10.0. The quantitative estimate of drug-likeness (QED) is 0.801. The summed E-state index contributed by atoms with van der Waals surface area (Å²) in [5.41, 5.74) is 8.51. The number of hydrogen-bond acceptors (Lipinski definition) is 3. The maximum Gasteiger partial charge on any atom is 0.101 e. The molecule has 0 aliphatic heterocycles. The van der Waals surface area contributed by atoms with Crippen molar-refractivity contribution in [3.05, 3.63) is 23.8 Å². The Labute approximate surface area is 109 Å². The zero-order valence-electron chi connectivity index (χ0n) is 11.5. The van der Waals surface area contributed by atoms with Gasteiger partial charge in [-0.05, 0) is 34.9 Å². The van der Waals surface area contributed by atoms with Gasteiger partial charge in [0, 0.05) is 17.9 Å². The van der Waals surface area contributed by atoms with E-state index in [0.29, 0.717) is 28.0 Å². The van der Waals surface area contributed by atoms with E-state index in [0.717, 1.165) is 12.2 Å². The van der Waals surface area contributed by atoms with Gasteiger partial charge in [0.2, 0.25) is 0 Å². The van der Waals surface area contributed by atoms with Crippen LogP contribution >= 0.6 is 0 Å². The maximum atomic E-state index is 8.94. The van der Waals surface area contributed by atoms with Crippen LogP contribution in [0.4, 0.5) is 11.4 Å². The molecule has 0 unspecified atom stereocenters. The molecule has 0 amide bonds. The second-order valence-electron chi connectivity index (χ2n) is 6.29. The van der Waals surface area contributed by atoms with Crippen LogP contribution in [0.25, 0.3) is 0 Å². The molecule has 3 nitrogen and oxygen atoms in total. The van der Waals surface area contributed by atoms with Crippen LogP contribution < -0.4 is 11.1 Å². The number of rotatable bonds is 3. The number of benzene rings is 1. The Balaban J connectivity index is 2.03. The van der Waals surface area contributed by atoms with Crippen molar-refractivity contribution < 1.29 is 0 Å². The van der Waals surface area contributed by atoms with E-state index in [1.54, 1.807) is 6.07 Å². The lowest BCUT2D eigenvalue weighted by Crippen LogP contribution is -2.08. The highest BCUT2D eigenvalue weighted by atomic mass is 14.9. The molecule has 0 heterocycles. The SMILES string of the molecule is CC1(C)C(CNc2ccc(N)c(C#N)c2)C1(C)C. The molecule has 96 valence electrons. The summed E-state index contributed by atoms with van der Waals surface area (Å²) in [6.45, 7) is 10.2. The Kier molecular flexibility index (Phi) is 2.77. The molecule has 18 heavy (non-hydrogen) atoms. The number of anilines is 2. The van der Waals surface area contributed by atoms with Crippen LogP contribution in [-0.2, 0) is 0 Å². The largest absolute Gasteiger partial charge is 0.398 e. The second-order valence-corrected chi connectivity index (χ2v) is 6.29. The zero-order valence-corrected chi connectivity index (χ0v) is 11.5. The molecule has 1 aliphatic carbocycles. The monoisotopic (exact) mass is 243 g/mol. The number of nitrogens with two attached hydrogens (primary N) is 1. The van der Waals surface area contributed by atoms with Gasteiger partial charge in [0.15, 0.2) is 0 Å². The van der Waals surface area contributed by atoms with Gasteiger partial charge in [-0.1, -0.05) is 27.7 Å². The molecule has 2 rings (SSSR count). The van der Waals surface area contributed by atoms with E-state index in [9.17, 15) is 0 Å². The van der Waals surface area contributed by atoms with Crippen LogP contribution in [-0.4, -0.2) is 6.54 Å². The fourth-order valence-electron chi connectivity index (χ4n) is 2.83. The molecular weight excluding hydrogens is 222 g/mol. The summed E-state index contributed by atoms with van der Waals surface area (Å²) in [7, 11) is 0. The average Bonchev–Trinajstić information content (AvgIpc) is 2.69. The minimum atomic E-state index is 0.381. The number of nitrogens with one attached hydrogen (secondary N) is 1. The number of nitrogens with zero attached hydrogens (tertiary/aromatic N) is 1. The first kappa shape index (κ1) is 12.8. The van der Waals surface area contributed by atoms with Crippen molar-refractivity contribution in [2.75, 3.05) is 17.6 Å². The van der Waals surface area contributed by atoms with Gasteiger partial charge in [-0.15, -0.1) is 0 Å². The maximum absolute atomic E-state index is 8.94. The predicted octanol–water partition coefficient (Wildman–Crippen LogP) is 3.23. The van der Waals surface area contributed by atoms with Crippen molar-refractivity contribution in [1.82, 2.24) is 0 Å². The summed E-state index contributed by atoms with van der Waals surface area (Å²) in [4.78, 5) is 0. The standard InChI is InChI=1S/C15H21N3/c1-14(2)13(15(14,3)4)9-18-11-5-6-12(17)10(7-11)8-16/h5-7,13,18H,9,17H2,1-4H3. The smallest absolute Gasteiger partial charge is 0.101 e. The Morgan fingerprint density at radius 1 is 1.28 bits per heavy atom. The summed E-state index contributed by atoms with van der Waals surface area (Å²) in [5.74, 6) is 0.660. The van der Waals surface area contributed by atoms with E-state index in [-0.39, 0.29) is 0 Å². The van der Waals surface area contributed by atoms with E-state index >= 15 is 0 Å². The van der Waals surface area contributed by atoms with Gasteiger partial charge in [0.25, 0.3) is 0 Å². The first-order chi connectivity index (χ1) is 8.30. The molecule has 0 spiro atoms. The van der Waals surface area contributed by atoms with E-state index in [4.69, 9.17) is 11.0 Å². The molecule has 0 atom stereocenters. The van der Waals surface area contributed by atoms with Gasteiger partial charge in [-0.2, -0.15) is 5.26 Å². The van der Waals surface area contributed by atoms with Crippen LogP contribution in [0.15, 0.2) is 18.2 Å². The topological polar surface area (TPSA) is 61.8 Å². The summed E-state index contributed by atoms with van der Waals surface area (Å²) < 4.78 is 0. The number of nitriles is 1. The van der Waals surface area contributed by atoms with Gasteiger partial charge >= 0.3 is 0 Å². The highest BCUT2D eigenvalue weighted by Crippen LogP contribution is 2.68. The zero-order chi connectivity index (χ0) is 13.6. The summed E-state index contributed by atoms with van der Waals surface area (Å²) in [6, 6.07) is 7.63. The van der Waals surface area contributed by atoms with Gasteiger partial charge < -0.3 is 11.1 Å². The van der Waals surface area contributed by atoms with Crippen molar-refractivity contribution in [3.8, 4) is 6.07 Å². The van der Waals surface area contributed by atoms with E-state index < -0.39 is 0 Å². The number of hydrogen-bond donors (Lipinski definition) is 2. The molecule has 1 aromatic rings. The van der Waals surface area contributed by atoms with E-state index in [1.807, 2.05) is 12.1 Å². The summed E-state index contributed by atoms with van der Waals surface area (Å²) in [5, 5.41) is 12.4. The fourth-order valence-corrected chi connectivity index (χ4v) is 2.83. The molecule has 0 bridgehead atoms. The molecule has 1 aliphatic rings. The van der Waals surface area contributed by atoms with Gasteiger partial charge in [0.05, 0.1) is 5.56 Å². The minimum Gasteiger partial charge on any atom is -0.398 e. The average molecular weight is 243 g/mol. The van der Waals surface area contributed by atoms with Crippen molar-refractivity contribution >= 4 is 11.4 Å². The molecule has 3 N–H and O–H groups in total. The van der Waals surface area contributed by atoms with Crippen molar-refractivity contribution in [3.63, 3.8) is 0 Å². The molecule has 0 radical (unpaired) electrons. The fraction of sp³-hybridized carbons (Fsp3) is 0.533. The third-order valence-electron chi connectivity index (χ3n) is 5.00. The van der Waals surface area contributed by atoms with Gasteiger partial charge in [-0.3, -0.25) is 0 Å². The second kappa shape index (κ2) is 3.91. The van der Waals surface area contributed by atoms with Gasteiger partial charge in [-0.25, -0.2) is 0 Å². The van der Waals surface area contributed by atoms with Crippen molar-refractivity contribution in [2.45, 2.75) is 27.7 Å². The van der Waals surface area contributed by atoms with E-state index in [1.165, 1.54) is 0 Å². The highest BCUT2D eigenvalue weighted by molar-refractivity contribution is 5.61. The third-order valence-corrected chi connectivity index (χ3v) is 5.00. The minimum absolute atomic E-state index is 0.381. The molecular formula is C15H21N3. The normalized spacial score (nSPS) is 20.2. The summed E-state index contributed by atoms with van der Waals surface area (Å²) in [6.07, 6.45) is 0. The van der Waals surface area contributed by atoms with Crippen molar-refractivity contribution in [2.24, 2.45) is 16.7 Å².